The summed E-state index contributed by atoms with van der Waals surface area (Å²) in [5.74, 6) is 0.345. The number of benzene rings is 2. The molecule has 0 spiro atoms. The van der Waals surface area contributed by atoms with Gasteiger partial charge >= 0.3 is 0 Å². The molecule has 0 fully saturated rings. The summed E-state index contributed by atoms with van der Waals surface area (Å²) in [5, 5.41) is 6.54. The number of nitrogens with two attached hydrogens (primary N) is 1. The van der Waals surface area contributed by atoms with Crippen molar-refractivity contribution in [3.05, 3.63) is 107 Å². The number of hydrogen-bond acceptors (Lipinski definition) is 5. The van der Waals surface area contributed by atoms with E-state index in [0.717, 1.165) is 38.5 Å². The van der Waals surface area contributed by atoms with Crippen molar-refractivity contribution in [1.82, 2.24) is 20.3 Å². The molecule has 0 saturated heterocycles. The summed E-state index contributed by atoms with van der Waals surface area (Å²) in [6.45, 7) is 0.409. The van der Waals surface area contributed by atoms with Crippen LogP contribution in [0.2, 0.25) is 5.02 Å². The fourth-order valence-corrected chi connectivity index (χ4v) is 3.97. The molecule has 5 rings (SSSR count). The zero-order valence-corrected chi connectivity index (χ0v) is 18.4. The molecule has 0 aliphatic rings. The van der Waals surface area contributed by atoms with Gasteiger partial charge in [-0.2, -0.15) is 0 Å². The summed E-state index contributed by atoms with van der Waals surface area (Å²) >= 11 is 6.04. The Morgan fingerprint density at radius 2 is 1.73 bits per heavy atom. The molecule has 0 radical (unpaired) electrons. The van der Waals surface area contributed by atoms with E-state index >= 15 is 0 Å². The molecule has 162 valence electrons. The Labute approximate surface area is 195 Å². The van der Waals surface area contributed by atoms with E-state index in [2.05, 4.69) is 26.3 Å². The number of aromatic nitrogens is 3. The molecular formula is C26H20ClN5O. The van der Waals surface area contributed by atoms with Gasteiger partial charge in [0.2, 0.25) is 0 Å². The van der Waals surface area contributed by atoms with E-state index in [1.165, 1.54) is 0 Å². The summed E-state index contributed by atoms with van der Waals surface area (Å²) in [6.07, 6.45) is 5.73. The molecule has 5 aromatic rings. The number of pyridine rings is 3. The second-order valence-corrected chi connectivity index (χ2v) is 8.26. The van der Waals surface area contributed by atoms with Crippen molar-refractivity contribution in [3.8, 4) is 0 Å². The number of nitrogens with zero attached hydrogens (tertiary/aromatic N) is 3. The van der Waals surface area contributed by atoms with Gasteiger partial charge in [-0.15, -0.1) is 0 Å². The van der Waals surface area contributed by atoms with Gasteiger partial charge in [0.05, 0.1) is 5.52 Å². The predicted molar refractivity (Wildman–Crippen MR) is 131 cm³/mol. The van der Waals surface area contributed by atoms with Crippen LogP contribution in [-0.2, 0) is 13.0 Å². The van der Waals surface area contributed by atoms with Crippen LogP contribution in [0.15, 0.2) is 79.3 Å². The molecule has 33 heavy (non-hydrogen) atoms. The lowest BCUT2D eigenvalue weighted by Crippen LogP contribution is -2.23. The van der Waals surface area contributed by atoms with Crippen LogP contribution in [0.5, 0.6) is 0 Å². The van der Waals surface area contributed by atoms with Crippen LogP contribution < -0.4 is 11.1 Å². The van der Waals surface area contributed by atoms with Gasteiger partial charge in [-0.1, -0.05) is 29.8 Å². The quantitative estimate of drug-likeness (QED) is 0.393. The second kappa shape index (κ2) is 8.84. The number of carbonyl (C=O) groups is 1. The Morgan fingerprint density at radius 3 is 2.64 bits per heavy atom. The number of fused-ring (bicyclic) bond motifs is 2. The maximum atomic E-state index is 12.8. The standard InChI is InChI=1S/C26H20ClN5O/c27-21-3-2-19-10-17(15-31-24(19)13-21)11-22-12-20(6-7-29-22)26(33)32-14-16-1-4-23-18(9-16)5-8-30-25(23)28/h1-10,12-13,15H,11,14H2,(H2,28,30)(H,32,33). The molecule has 6 nitrogen and oxygen atoms in total. The van der Waals surface area contributed by atoms with E-state index in [0.29, 0.717) is 29.4 Å². The predicted octanol–water partition coefficient (Wildman–Crippen LogP) is 4.93. The minimum absolute atomic E-state index is 0.153. The molecule has 7 heteroatoms. The van der Waals surface area contributed by atoms with Crippen LogP contribution in [0.3, 0.4) is 0 Å². The SMILES string of the molecule is Nc1nccc2cc(CNC(=O)c3ccnc(Cc4cnc5cc(Cl)ccc5c4)c3)ccc12. The summed E-state index contributed by atoms with van der Waals surface area (Å²) in [6, 6.07) is 19.0. The van der Waals surface area contributed by atoms with Crippen molar-refractivity contribution in [2.45, 2.75) is 13.0 Å². The summed E-state index contributed by atoms with van der Waals surface area (Å²) < 4.78 is 0. The number of amides is 1. The monoisotopic (exact) mass is 453 g/mol. The fraction of sp³-hybridized carbons (Fsp3) is 0.0769. The number of carbonyl (C=O) groups excluding carboxylic acids is 1. The lowest BCUT2D eigenvalue weighted by molar-refractivity contribution is 0.0950. The van der Waals surface area contributed by atoms with Crippen LogP contribution >= 0.6 is 11.6 Å². The molecule has 0 aliphatic heterocycles. The molecule has 3 heterocycles. The maximum Gasteiger partial charge on any atom is 0.251 e. The van der Waals surface area contributed by atoms with Gasteiger partial charge < -0.3 is 11.1 Å². The number of hydrogen-bond donors (Lipinski definition) is 2. The number of nitrogens with one attached hydrogen (secondary N) is 1. The van der Waals surface area contributed by atoms with Gasteiger partial charge in [0.25, 0.3) is 5.91 Å². The highest BCUT2D eigenvalue weighted by Gasteiger charge is 2.09. The third kappa shape index (κ3) is 4.61. The Hall–Kier alpha value is -4.03. The van der Waals surface area contributed by atoms with Crippen LogP contribution in [0.1, 0.15) is 27.2 Å². The number of anilines is 1. The van der Waals surface area contributed by atoms with E-state index in [9.17, 15) is 4.79 Å². The third-order valence-electron chi connectivity index (χ3n) is 5.48. The molecule has 1 amide bonds. The Bertz CT molecular complexity index is 1500. The summed E-state index contributed by atoms with van der Waals surface area (Å²) in [4.78, 5) is 25.8. The van der Waals surface area contributed by atoms with Gasteiger partial charge in [-0.05, 0) is 59.0 Å². The van der Waals surface area contributed by atoms with Gasteiger partial charge in [-0.25, -0.2) is 4.98 Å². The molecule has 3 N–H and O–H groups in total. The average molecular weight is 454 g/mol. The van der Waals surface area contributed by atoms with E-state index in [4.69, 9.17) is 17.3 Å². The maximum absolute atomic E-state index is 12.8. The smallest absolute Gasteiger partial charge is 0.251 e. The molecule has 0 unspecified atom stereocenters. The summed E-state index contributed by atoms with van der Waals surface area (Å²) in [7, 11) is 0. The van der Waals surface area contributed by atoms with Crippen LogP contribution in [0, 0.1) is 0 Å². The first-order chi connectivity index (χ1) is 16.0. The van der Waals surface area contributed by atoms with E-state index < -0.39 is 0 Å². The van der Waals surface area contributed by atoms with Crippen molar-refractivity contribution in [1.29, 1.82) is 0 Å². The fourth-order valence-electron chi connectivity index (χ4n) is 3.81. The zero-order chi connectivity index (χ0) is 22.8. The Morgan fingerprint density at radius 1 is 0.879 bits per heavy atom. The first-order valence-electron chi connectivity index (χ1n) is 10.5. The lowest BCUT2D eigenvalue weighted by Gasteiger charge is -2.09. The highest BCUT2D eigenvalue weighted by Crippen LogP contribution is 2.21. The first kappa shape index (κ1) is 20.8. The molecule has 0 saturated carbocycles. The highest BCUT2D eigenvalue weighted by molar-refractivity contribution is 6.31. The Balaban J connectivity index is 1.28. The van der Waals surface area contributed by atoms with Gasteiger partial charge in [0.1, 0.15) is 5.82 Å². The van der Waals surface area contributed by atoms with Crippen molar-refractivity contribution in [2.24, 2.45) is 0 Å². The average Bonchev–Trinajstić information content (AvgIpc) is 2.83. The van der Waals surface area contributed by atoms with Crippen LogP contribution in [0.25, 0.3) is 21.7 Å². The van der Waals surface area contributed by atoms with Crippen molar-refractivity contribution >= 4 is 45.0 Å². The van der Waals surface area contributed by atoms with Gasteiger partial charge in [0.15, 0.2) is 0 Å². The third-order valence-corrected chi connectivity index (χ3v) is 5.71. The topological polar surface area (TPSA) is 93.8 Å². The minimum atomic E-state index is -0.153. The zero-order valence-electron chi connectivity index (χ0n) is 17.6. The number of halogens is 1. The van der Waals surface area contributed by atoms with Crippen molar-refractivity contribution < 1.29 is 4.79 Å². The van der Waals surface area contributed by atoms with E-state index in [1.807, 2.05) is 54.7 Å². The molecule has 3 aromatic heterocycles. The minimum Gasteiger partial charge on any atom is -0.383 e. The lowest BCUT2D eigenvalue weighted by atomic mass is 10.1. The normalized spacial score (nSPS) is 11.1. The highest BCUT2D eigenvalue weighted by atomic mass is 35.5. The van der Waals surface area contributed by atoms with E-state index in [-0.39, 0.29) is 5.91 Å². The molecular weight excluding hydrogens is 434 g/mol. The van der Waals surface area contributed by atoms with Crippen molar-refractivity contribution in [2.75, 3.05) is 5.73 Å². The van der Waals surface area contributed by atoms with E-state index in [1.54, 1.807) is 18.5 Å². The molecule has 0 bridgehead atoms. The Kier molecular flexibility index (Phi) is 5.59. The number of rotatable bonds is 5. The van der Waals surface area contributed by atoms with Crippen LogP contribution in [0.4, 0.5) is 5.82 Å². The summed E-state index contributed by atoms with van der Waals surface area (Å²) in [5.41, 5.74) is 10.1. The molecule has 0 aliphatic carbocycles. The van der Waals surface area contributed by atoms with Crippen LogP contribution in [-0.4, -0.2) is 20.9 Å². The van der Waals surface area contributed by atoms with Crippen molar-refractivity contribution in [3.63, 3.8) is 0 Å². The molecule has 0 atom stereocenters. The second-order valence-electron chi connectivity index (χ2n) is 7.83. The van der Waals surface area contributed by atoms with Gasteiger partial charge in [-0.3, -0.25) is 14.8 Å². The van der Waals surface area contributed by atoms with Gasteiger partial charge in [0, 0.05) is 58.6 Å². The first-order valence-corrected chi connectivity index (χ1v) is 10.8. The largest absolute Gasteiger partial charge is 0.383 e. The molecule has 2 aromatic carbocycles. The number of nitrogen functional groups attached to an aromatic ring is 1.